The normalized spacial score (nSPS) is 14.8. The lowest BCUT2D eigenvalue weighted by atomic mass is 10.0. The minimum Gasteiger partial charge on any atom is -0.303 e. The van der Waals surface area contributed by atoms with Crippen molar-refractivity contribution in [3.63, 3.8) is 0 Å². The van der Waals surface area contributed by atoms with Gasteiger partial charge in [0.1, 0.15) is 6.29 Å². The van der Waals surface area contributed by atoms with Gasteiger partial charge in [0.05, 0.1) is 0 Å². The molecule has 1 atom stereocenters. The standard InChI is InChI=1S/C12H20O/c1-4-5-6-8-11(2)12(3)9-7-10-13/h6,8-11H,4-5,7H2,1-3H3/b8-6+,12-9+. The van der Waals surface area contributed by atoms with E-state index >= 15 is 0 Å². The third-order valence-corrected chi connectivity index (χ3v) is 2.13. The van der Waals surface area contributed by atoms with Crippen LogP contribution < -0.4 is 0 Å². The Morgan fingerprint density at radius 3 is 2.69 bits per heavy atom. The number of rotatable bonds is 6. The Hall–Kier alpha value is -0.850. The Kier molecular flexibility index (Phi) is 7.27. The minimum atomic E-state index is 0.464. The quantitative estimate of drug-likeness (QED) is 0.451. The van der Waals surface area contributed by atoms with Gasteiger partial charge in [-0.25, -0.2) is 0 Å². The first-order valence-corrected chi connectivity index (χ1v) is 4.99. The molecule has 0 rings (SSSR count). The fraction of sp³-hybridized carbons (Fsp3) is 0.583. The van der Waals surface area contributed by atoms with E-state index in [1.165, 1.54) is 12.0 Å². The number of carbonyl (C=O) groups is 1. The molecule has 1 heteroatoms. The Morgan fingerprint density at radius 2 is 2.15 bits per heavy atom. The number of allylic oxidation sites excluding steroid dienone is 4. The molecule has 0 saturated heterocycles. The maximum absolute atomic E-state index is 10.1. The molecule has 0 aromatic rings. The van der Waals surface area contributed by atoms with Crippen LogP contribution in [0.4, 0.5) is 0 Å². The Bertz CT molecular complexity index is 189. The van der Waals surface area contributed by atoms with Crippen molar-refractivity contribution in [3.8, 4) is 0 Å². The van der Waals surface area contributed by atoms with Crippen LogP contribution >= 0.6 is 0 Å². The van der Waals surface area contributed by atoms with Crippen LogP contribution in [0.15, 0.2) is 23.8 Å². The molecule has 0 N–H and O–H groups in total. The van der Waals surface area contributed by atoms with Gasteiger partial charge in [0.2, 0.25) is 0 Å². The molecule has 0 spiro atoms. The van der Waals surface area contributed by atoms with Crippen molar-refractivity contribution < 1.29 is 4.79 Å². The summed E-state index contributed by atoms with van der Waals surface area (Å²) in [6.07, 6.45) is 10.2. The van der Waals surface area contributed by atoms with E-state index in [0.717, 1.165) is 12.7 Å². The average molecular weight is 180 g/mol. The number of hydrogen-bond donors (Lipinski definition) is 0. The number of unbranched alkanes of at least 4 members (excludes halogenated alkanes) is 1. The summed E-state index contributed by atoms with van der Waals surface area (Å²) < 4.78 is 0. The van der Waals surface area contributed by atoms with E-state index < -0.39 is 0 Å². The second-order valence-corrected chi connectivity index (χ2v) is 3.36. The molecule has 1 unspecified atom stereocenters. The highest BCUT2D eigenvalue weighted by atomic mass is 16.1. The van der Waals surface area contributed by atoms with Crippen molar-refractivity contribution in [2.75, 3.05) is 0 Å². The van der Waals surface area contributed by atoms with Crippen LogP contribution in [-0.4, -0.2) is 6.29 Å². The molecule has 0 radical (unpaired) electrons. The van der Waals surface area contributed by atoms with Crippen LogP contribution in [0.1, 0.15) is 40.0 Å². The summed E-state index contributed by atoms with van der Waals surface area (Å²) in [6, 6.07) is 0. The minimum absolute atomic E-state index is 0.464. The molecule has 0 heterocycles. The largest absolute Gasteiger partial charge is 0.303 e. The van der Waals surface area contributed by atoms with Gasteiger partial charge in [-0.05, 0) is 19.3 Å². The molecular weight excluding hydrogens is 160 g/mol. The Balaban J connectivity index is 3.93. The maximum Gasteiger partial charge on any atom is 0.123 e. The maximum atomic E-state index is 10.1. The smallest absolute Gasteiger partial charge is 0.123 e. The van der Waals surface area contributed by atoms with Gasteiger partial charge in [-0.2, -0.15) is 0 Å². The lowest BCUT2D eigenvalue weighted by Crippen LogP contribution is -1.91. The van der Waals surface area contributed by atoms with Crippen LogP contribution in [0.2, 0.25) is 0 Å². The summed E-state index contributed by atoms with van der Waals surface area (Å²) in [5.41, 5.74) is 1.28. The zero-order chi connectivity index (χ0) is 10.1. The number of carbonyl (C=O) groups excluding carboxylic acids is 1. The van der Waals surface area contributed by atoms with Crippen LogP contribution in [0, 0.1) is 5.92 Å². The third-order valence-electron chi connectivity index (χ3n) is 2.13. The fourth-order valence-electron chi connectivity index (χ4n) is 1.04. The first-order valence-electron chi connectivity index (χ1n) is 4.99. The van der Waals surface area contributed by atoms with Gasteiger partial charge in [0.15, 0.2) is 0 Å². The summed E-state index contributed by atoms with van der Waals surface area (Å²) in [5.74, 6) is 0.464. The molecule has 0 saturated carbocycles. The second-order valence-electron chi connectivity index (χ2n) is 3.36. The van der Waals surface area contributed by atoms with Crippen molar-refractivity contribution in [1.29, 1.82) is 0 Å². The zero-order valence-electron chi connectivity index (χ0n) is 8.92. The molecule has 0 bridgehead atoms. The van der Waals surface area contributed by atoms with Crippen LogP contribution in [0.3, 0.4) is 0 Å². The van der Waals surface area contributed by atoms with Crippen LogP contribution in [0.5, 0.6) is 0 Å². The predicted octanol–water partition coefficient (Wildman–Crippen LogP) is 3.51. The first-order chi connectivity index (χ1) is 6.22. The van der Waals surface area contributed by atoms with Gasteiger partial charge in [0.25, 0.3) is 0 Å². The SMILES string of the molecule is CCC/C=C/C(C)/C(C)=C/CC=O. The van der Waals surface area contributed by atoms with E-state index in [1.54, 1.807) is 0 Å². The van der Waals surface area contributed by atoms with E-state index in [2.05, 4.69) is 32.9 Å². The molecule has 0 aromatic carbocycles. The molecule has 13 heavy (non-hydrogen) atoms. The van der Waals surface area contributed by atoms with Gasteiger partial charge >= 0.3 is 0 Å². The van der Waals surface area contributed by atoms with Crippen LogP contribution in [-0.2, 0) is 4.79 Å². The molecule has 1 nitrogen and oxygen atoms in total. The highest BCUT2D eigenvalue weighted by molar-refractivity contribution is 5.52. The molecule has 74 valence electrons. The second kappa shape index (κ2) is 7.78. The predicted molar refractivity (Wildman–Crippen MR) is 57.7 cm³/mol. The van der Waals surface area contributed by atoms with Gasteiger partial charge in [0, 0.05) is 6.42 Å². The van der Waals surface area contributed by atoms with Crippen molar-refractivity contribution in [2.24, 2.45) is 5.92 Å². The highest BCUT2D eigenvalue weighted by Crippen LogP contribution is 2.12. The average Bonchev–Trinajstić information content (AvgIpc) is 2.14. The van der Waals surface area contributed by atoms with Gasteiger partial charge in [-0.1, -0.05) is 44.1 Å². The number of hydrogen-bond acceptors (Lipinski definition) is 1. The van der Waals surface area contributed by atoms with Crippen LogP contribution in [0.25, 0.3) is 0 Å². The van der Waals surface area contributed by atoms with E-state index in [4.69, 9.17) is 0 Å². The summed E-state index contributed by atoms with van der Waals surface area (Å²) in [5, 5.41) is 0. The molecule has 0 aliphatic rings. The summed E-state index contributed by atoms with van der Waals surface area (Å²) in [6.45, 7) is 6.40. The third kappa shape index (κ3) is 6.32. The Morgan fingerprint density at radius 1 is 1.46 bits per heavy atom. The van der Waals surface area contributed by atoms with Crippen molar-refractivity contribution >= 4 is 6.29 Å². The molecule has 0 aromatic heterocycles. The first kappa shape index (κ1) is 12.2. The van der Waals surface area contributed by atoms with E-state index in [-0.39, 0.29) is 0 Å². The summed E-state index contributed by atoms with van der Waals surface area (Å²) in [4.78, 5) is 10.1. The van der Waals surface area contributed by atoms with Crippen molar-refractivity contribution in [2.45, 2.75) is 40.0 Å². The van der Waals surface area contributed by atoms with Gasteiger partial charge in [-0.3, -0.25) is 0 Å². The fourth-order valence-corrected chi connectivity index (χ4v) is 1.04. The Labute approximate surface area is 81.5 Å². The summed E-state index contributed by atoms with van der Waals surface area (Å²) in [7, 11) is 0. The molecule has 0 aliphatic heterocycles. The molecule has 0 amide bonds. The lowest BCUT2D eigenvalue weighted by Gasteiger charge is -2.05. The molecule has 0 fully saturated rings. The van der Waals surface area contributed by atoms with Gasteiger partial charge < -0.3 is 4.79 Å². The van der Waals surface area contributed by atoms with Crippen molar-refractivity contribution in [3.05, 3.63) is 23.8 Å². The monoisotopic (exact) mass is 180 g/mol. The van der Waals surface area contributed by atoms with E-state index in [1.807, 2.05) is 6.08 Å². The zero-order valence-corrected chi connectivity index (χ0v) is 8.92. The summed E-state index contributed by atoms with van der Waals surface area (Å²) >= 11 is 0. The lowest BCUT2D eigenvalue weighted by molar-refractivity contribution is -0.107. The molecule has 0 aliphatic carbocycles. The topological polar surface area (TPSA) is 17.1 Å². The van der Waals surface area contributed by atoms with E-state index in [0.29, 0.717) is 12.3 Å². The van der Waals surface area contributed by atoms with E-state index in [9.17, 15) is 4.79 Å². The van der Waals surface area contributed by atoms with Gasteiger partial charge in [-0.15, -0.1) is 0 Å². The molecular formula is C12H20O. The van der Waals surface area contributed by atoms with Crippen molar-refractivity contribution in [1.82, 2.24) is 0 Å². The number of aldehydes is 1. The highest BCUT2D eigenvalue weighted by Gasteiger charge is 1.97.